The van der Waals surface area contributed by atoms with Gasteiger partial charge in [-0.3, -0.25) is 0 Å². The fourth-order valence-corrected chi connectivity index (χ4v) is 1.91. The number of esters is 1. The van der Waals surface area contributed by atoms with Gasteiger partial charge in [-0.05, 0) is 39.8 Å². The van der Waals surface area contributed by atoms with Crippen LogP contribution in [0.5, 0.6) is 0 Å². The number of anilines is 1. The molecule has 1 heterocycles. The van der Waals surface area contributed by atoms with Crippen LogP contribution in [0.4, 0.5) is 5.82 Å². The van der Waals surface area contributed by atoms with Crippen LogP contribution in [0.2, 0.25) is 0 Å². The number of hydrogen-bond acceptors (Lipinski definition) is 5. The molecule has 0 saturated heterocycles. The van der Waals surface area contributed by atoms with Crippen LogP contribution in [0.1, 0.15) is 38.1 Å². The van der Waals surface area contributed by atoms with Crippen LogP contribution in [0, 0.1) is 0 Å². The summed E-state index contributed by atoms with van der Waals surface area (Å²) < 4.78 is 4.98. The summed E-state index contributed by atoms with van der Waals surface area (Å²) in [5, 5.41) is 9.35. The van der Waals surface area contributed by atoms with Crippen LogP contribution in [-0.2, 0) is 9.53 Å². The first-order valence-corrected chi connectivity index (χ1v) is 6.49. The fourth-order valence-electron chi connectivity index (χ4n) is 1.91. The fraction of sp³-hybridized carbons (Fsp3) is 0.500. The summed E-state index contributed by atoms with van der Waals surface area (Å²) in [6.45, 7) is 7.33. The van der Waals surface area contributed by atoms with Gasteiger partial charge in [0.1, 0.15) is 16.9 Å². The monoisotopic (exact) mass is 280 g/mol. The van der Waals surface area contributed by atoms with E-state index < -0.39 is 17.5 Å². The van der Waals surface area contributed by atoms with Crippen molar-refractivity contribution < 1.29 is 19.4 Å². The molecule has 0 amide bonds. The van der Waals surface area contributed by atoms with E-state index in [0.29, 0.717) is 12.4 Å². The molecule has 6 heteroatoms. The third-order valence-electron chi connectivity index (χ3n) is 3.05. The number of aliphatic carboxylic acids is 1. The van der Waals surface area contributed by atoms with Gasteiger partial charge in [-0.1, -0.05) is 0 Å². The smallest absolute Gasteiger partial charge is 0.341 e. The molecule has 0 spiro atoms. The number of rotatable bonds is 6. The van der Waals surface area contributed by atoms with Crippen molar-refractivity contribution in [2.45, 2.75) is 33.2 Å². The highest BCUT2D eigenvalue weighted by Gasteiger charge is 2.36. The van der Waals surface area contributed by atoms with Gasteiger partial charge < -0.3 is 14.7 Å². The summed E-state index contributed by atoms with van der Waals surface area (Å²) >= 11 is 0. The zero-order chi connectivity index (χ0) is 15.3. The minimum Gasteiger partial charge on any atom is -0.480 e. The maximum Gasteiger partial charge on any atom is 0.341 e. The van der Waals surface area contributed by atoms with Crippen molar-refractivity contribution in [3.8, 4) is 0 Å². The number of carbonyl (C=O) groups excluding carboxylic acids is 1. The van der Waals surface area contributed by atoms with Gasteiger partial charge >= 0.3 is 11.9 Å². The van der Waals surface area contributed by atoms with Crippen molar-refractivity contribution in [2.24, 2.45) is 0 Å². The van der Waals surface area contributed by atoms with Crippen LogP contribution in [0.15, 0.2) is 18.3 Å². The van der Waals surface area contributed by atoms with Crippen molar-refractivity contribution in [2.75, 3.05) is 18.1 Å². The highest BCUT2D eigenvalue weighted by atomic mass is 16.5. The van der Waals surface area contributed by atoms with E-state index in [0.717, 1.165) is 0 Å². The van der Waals surface area contributed by atoms with Gasteiger partial charge in [-0.2, -0.15) is 0 Å². The van der Waals surface area contributed by atoms with Crippen LogP contribution < -0.4 is 4.90 Å². The number of hydrogen-bond donors (Lipinski definition) is 1. The molecule has 0 bridgehead atoms. The molecule has 0 saturated carbocycles. The molecule has 0 aromatic carbocycles. The Hall–Kier alpha value is -2.11. The lowest BCUT2D eigenvalue weighted by molar-refractivity contribution is -0.142. The Morgan fingerprint density at radius 3 is 2.55 bits per heavy atom. The number of nitrogens with zero attached hydrogens (tertiary/aromatic N) is 2. The Labute approximate surface area is 118 Å². The molecule has 0 unspecified atom stereocenters. The molecular weight excluding hydrogens is 260 g/mol. The molecule has 110 valence electrons. The number of likely N-dealkylation sites (N-methyl/N-ethyl adjacent to an activating group) is 1. The standard InChI is InChI=1S/C14H20N2O4/c1-5-16(14(3,4)13(18)19)11-10(8-7-9-15-11)12(17)20-6-2/h7-9H,5-6H2,1-4H3,(H,18,19). The molecule has 0 atom stereocenters. The first-order valence-electron chi connectivity index (χ1n) is 6.49. The maximum absolute atomic E-state index is 11.9. The van der Waals surface area contributed by atoms with E-state index in [9.17, 15) is 14.7 Å². The second-order valence-corrected chi connectivity index (χ2v) is 4.70. The second-order valence-electron chi connectivity index (χ2n) is 4.70. The van der Waals surface area contributed by atoms with Crippen molar-refractivity contribution >= 4 is 17.8 Å². The van der Waals surface area contributed by atoms with Crippen LogP contribution in [0.3, 0.4) is 0 Å². The molecule has 0 aliphatic heterocycles. The molecule has 0 aliphatic rings. The average Bonchev–Trinajstić information content (AvgIpc) is 2.40. The topological polar surface area (TPSA) is 79.7 Å². The van der Waals surface area contributed by atoms with Crippen molar-refractivity contribution in [3.05, 3.63) is 23.9 Å². The summed E-state index contributed by atoms with van der Waals surface area (Å²) in [5.74, 6) is -1.17. The highest BCUT2D eigenvalue weighted by molar-refractivity contribution is 5.96. The molecular formula is C14H20N2O4. The molecule has 1 aromatic heterocycles. The van der Waals surface area contributed by atoms with Gasteiger partial charge in [0, 0.05) is 12.7 Å². The molecule has 1 rings (SSSR count). The predicted molar refractivity (Wildman–Crippen MR) is 74.9 cm³/mol. The van der Waals surface area contributed by atoms with E-state index in [-0.39, 0.29) is 12.2 Å². The number of aromatic nitrogens is 1. The number of pyridine rings is 1. The molecule has 0 fully saturated rings. The van der Waals surface area contributed by atoms with Crippen molar-refractivity contribution in [1.82, 2.24) is 4.98 Å². The summed E-state index contributed by atoms with van der Waals surface area (Å²) in [5.41, 5.74) is -0.907. The molecule has 6 nitrogen and oxygen atoms in total. The number of carbonyl (C=O) groups is 2. The first-order chi connectivity index (χ1) is 9.36. The largest absolute Gasteiger partial charge is 0.480 e. The number of ether oxygens (including phenoxy) is 1. The first kappa shape index (κ1) is 15.9. The summed E-state index contributed by atoms with van der Waals surface area (Å²) in [7, 11) is 0. The maximum atomic E-state index is 11.9. The van der Waals surface area contributed by atoms with E-state index >= 15 is 0 Å². The zero-order valence-corrected chi connectivity index (χ0v) is 12.2. The van der Waals surface area contributed by atoms with Gasteiger partial charge in [-0.25, -0.2) is 14.6 Å². The lowest BCUT2D eigenvalue weighted by Gasteiger charge is -2.35. The SMILES string of the molecule is CCOC(=O)c1cccnc1N(CC)C(C)(C)C(=O)O. The predicted octanol–water partition coefficient (Wildman–Crippen LogP) is 1.95. The Bertz CT molecular complexity index is 500. The Morgan fingerprint density at radius 1 is 1.40 bits per heavy atom. The molecule has 0 radical (unpaired) electrons. The lowest BCUT2D eigenvalue weighted by Crippen LogP contribution is -2.51. The van der Waals surface area contributed by atoms with Crippen LogP contribution in [-0.4, -0.2) is 40.7 Å². The Balaban J connectivity index is 3.30. The molecule has 0 aliphatic carbocycles. The van der Waals surface area contributed by atoms with E-state index in [1.807, 2.05) is 6.92 Å². The van der Waals surface area contributed by atoms with Gasteiger partial charge in [0.25, 0.3) is 0 Å². The molecule has 20 heavy (non-hydrogen) atoms. The van der Waals surface area contributed by atoms with Crippen molar-refractivity contribution in [1.29, 1.82) is 0 Å². The average molecular weight is 280 g/mol. The normalized spacial score (nSPS) is 11.0. The van der Waals surface area contributed by atoms with Crippen molar-refractivity contribution in [3.63, 3.8) is 0 Å². The third kappa shape index (κ3) is 3.07. The summed E-state index contributed by atoms with van der Waals surface area (Å²) in [6.07, 6.45) is 1.53. The van der Waals surface area contributed by atoms with Gasteiger partial charge in [0.2, 0.25) is 0 Å². The summed E-state index contributed by atoms with van der Waals surface area (Å²) in [4.78, 5) is 29.1. The molecule has 1 aromatic rings. The zero-order valence-electron chi connectivity index (χ0n) is 12.2. The van der Waals surface area contributed by atoms with Gasteiger partial charge in [0.15, 0.2) is 0 Å². The van der Waals surface area contributed by atoms with E-state index in [4.69, 9.17) is 4.74 Å². The quantitative estimate of drug-likeness (QED) is 0.802. The second kappa shape index (κ2) is 6.36. The Morgan fingerprint density at radius 2 is 2.05 bits per heavy atom. The number of carboxylic acid groups (broad SMARTS) is 1. The van der Waals surface area contributed by atoms with E-state index in [2.05, 4.69) is 4.98 Å². The van der Waals surface area contributed by atoms with E-state index in [1.54, 1.807) is 37.8 Å². The minimum atomic E-state index is -1.18. The van der Waals surface area contributed by atoms with Crippen LogP contribution in [0.25, 0.3) is 0 Å². The van der Waals surface area contributed by atoms with Gasteiger partial charge in [0.05, 0.1) is 6.61 Å². The minimum absolute atomic E-state index is 0.252. The number of carboxylic acids is 1. The van der Waals surface area contributed by atoms with Crippen LogP contribution >= 0.6 is 0 Å². The van der Waals surface area contributed by atoms with E-state index in [1.165, 1.54) is 6.20 Å². The lowest BCUT2D eigenvalue weighted by atomic mass is 10.0. The highest BCUT2D eigenvalue weighted by Crippen LogP contribution is 2.26. The third-order valence-corrected chi connectivity index (χ3v) is 3.05. The summed E-state index contributed by atoms with van der Waals surface area (Å²) in [6, 6.07) is 3.21. The Kier molecular flexibility index (Phi) is 5.07. The van der Waals surface area contributed by atoms with Gasteiger partial charge in [-0.15, -0.1) is 0 Å². The molecule has 1 N–H and O–H groups in total.